The first-order valence-corrected chi connectivity index (χ1v) is 9.98. The van der Waals surface area contributed by atoms with Gasteiger partial charge >= 0.3 is 5.97 Å². The van der Waals surface area contributed by atoms with Crippen molar-refractivity contribution in [2.24, 2.45) is 0 Å². The normalized spacial score (nSPS) is 14.8. The van der Waals surface area contributed by atoms with E-state index in [0.717, 1.165) is 12.1 Å². The summed E-state index contributed by atoms with van der Waals surface area (Å²) >= 11 is 0. The number of nitrogens with zero attached hydrogens (tertiary/aromatic N) is 1. The SMILES string of the molecule is Cc1[nH]c(C(=O)N2CCC(Oc3ccc(F)cc3F)CC2)c(C)c1C(=O)OC(C)C. The van der Waals surface area contributed by atoms with E-state index in [9.17, 15) is 18.4 Å². The second kappa shape index (κ2) is 8.85. The summed E-state index contributed by atoms with van der Waals surface area (Å²) in [6, 6.07) is 3.20. The highest BCUT2D eigenvalue weighted by atomic mass is 19.1. The van der Waals surface area contributed by atoms with Crippen LogP contribution in [-0.4, -0.2) is 47.1 Å². The minimum Gasteiger partial charge on any atom is -0.487 e. The number of benzene rings is 1. The van der Waals surface area contributed by atoms with Gasteiger partial charge in [0.05, 0.1) is 11.7 Å². The number of hydrogen-bond donors (Lipinski definition) is 1. The zero-order valence-electron chi connectivity index (χ0n) is 17.6. The van der Waals surface area contributed by atoms with Gasteiger partial charge in [0.25, 0.3) is 5.91 Å². The number of likely N-dealkylation sites (tertiary alicyclic amines) is 1. The van der Waals surface area contributed by atoms with Gasteiger partial charge in [-0.2, -0.15) is 0 Å². The van der Waals surface area contributed by atoms with Crippen molar-refractivity contribution in [3.63, 3.8) is 0 Å². The highest BCUT2D eigenvalue weighted by molar-refractivity contribution is 6.00. The third-order valence-electron chi connectivity index (χ3n) is 5.11. The van der Waals surface area contributed by atoms with E-state index >= 15 is 0 Å². The number of ether oxygens (including phenoxy) is 2. The molecular formula is C22H26F2N2O4. The van der Waals surface area contributed by atoms with Crippen LogP contribution < -0.4 is 4.74 Å². The molecule has 1 amide bonds. The number of carbonyl (C=O) groups is 2. The fraction of sp³-hybridized carbons (Fsp3) is 0.455. The lowest BCUT2D eigenvalue weighted by molar-refractivity contribution is 0.0376. The Morgan fingerprint density at radius 3 is 2.43 bits per heavy atom. The highest BCUT2D eigenvalue weighted by Gasteiger charge is 2.29. The number of rotatable bonds is 5. The molecule has 1 aromatic heterocycles. The highest BCUT2D eigenvalue weighted by Crippen LogP contribution is 2.25. The van der Waals surface area contributed by atoms with Crippen LogP contribution in [0, 0.1) is 25.5 Å². The van der Waals surface area contributed by atoms with E-state index < -0.39 is 17.6 Å². The molecule has 6 nitrogen and oxygen atoms in total. The van der Waals surface area contributed by atoms with Crippen LogP contribution in [0.1, 0.15) is 58.8 Å². The van der Waals surface area contributed by atoms with Gasteiger partial charge in [0.2, 0.25) is 0 Å². The third-order valence-corrected chi connectivity index (χ3v) is 5.11. The van der Waals surface area contributed by atoms with E-state index in [2.05, 4.69) is 4.98 Å². The van der Waals surface area contributed by atoms with Crippen LogP contribution in [0.4, 0.5) is 8.78 Å². The number of halogens is 2. The average molecular weight is 420 g/mol. The van der Waals surface area contributed by atoms with E-state index in [0.29, 0.717) is 48.4 Å². The Bertz CT molecular complexity index is 947. The van der Waals surface area contributed by atoms with Gasteiger partial charge in [-0.15, -0.1) is 0 Å². The number of esters is 1. The number of aromatic amines is 1. The summed E-state index contributed by atoms with van der Waals surface area (Å²) in [5.74, 6) is -2.06. The number of nitrogens with one attached hydrogen (secondary N) is 1. The van der Waals surface area contributed by atoms with Crippen molar-refractivity contribution < 1.29 is 27.8 Å². The summed E-state index contributed by atoms with van der Waals surface area (Å²) < 4.78 is 37.7. The van der Waals surface area contributed by atoms with Gasteiger partial charge in [0.1, 0.15) is 17.6 Å². The number of aryl methyl sites for hydroxylation is 1. The summed E-state index contributed by atoms with van der Waals surface area (Å²) in [7, 11) is 0. The molecule has 1 N–H and O–H groups in total. The monoisotopic (exact) mass is 420 g/mol. The van der Waals surface area contributed by atoms with Crippen LogP contribution in [0.25, 0.3) is 0 Å². The van der Waals surface area contributed by atoms with Crippen molar-refractivity contribution in [1.82, 2.24) is 9.88 Å². The Kier molecular flexibility index (Phi) is 6.43. The topological polar surface area (TPSA) is 71.6 Å². The quantitative estimate of drug-likeness (QED) is 0.738. The minimum absolute atomic E-state index is 0.00493. The van der Waals surface area contributed by atoms with Crippen molar-refractivity contribution in [2.75, 3.05) is 13.1 Å². The number of piperidine rings is 1. The molecule has 3 rings (SSSR count). The molecule has 0 aliphatic carbocycles. The summed E-state index contributed by atoms with van der Waals surface area (Å²) in [5.41, 5.74) is 1.91. The molecule has 0 bridgehead atoms. The van der Waals surface area contributed by atoms with Gasteiger partial charge in [0.15, 0.2) is 11.6 Å². The molecule has 0 spiro atoms. The van der Waals surface area contributed by atoms with Crippen LogP contribution in [0.15, 0.2) is 18.2 Å². The second-order valence-electron chi connectivity index (χ2n) is 7.76. The number of carbonyl (C=O) groups excluding carboxylic acids is 2. The number of amides is 1. The Hall–Kier alpha value is -2.90. The molecule has 8 heteroatoms. The first-order chi connectivity index (χ1) is 14.2. The van der Waals surface area contributed by atoms with Crippen molar-refractivity contribution >= 4 is 11.9 Å². The van der Waals surface area contributed by atoms with Crippen molar-refractivity contribution in [1.29, 1.82) is 0 Å². The Morgan fingerprint density at radius 1 is 1.17 bits per heavy atom. The molecule has 1 aromatic carbocycles. The molecule has 2 heterocycles. The Balaban J connectivity index is 1.65. The van der Waals surface area contributed by atoms with Crippen LogP contribution in [-0.2, 0) is 4.74 Å². The maximum Gasteiger partial charge on any atom is 0.340 e. The van der Waals surface area contributed by atoms with E-state index in [-0.39, 0.29) is 23.9 Å². The Labute approximate surface area is 174 Å². The molecule has 0 atom stereocenters. The molecule has 0 unspecified atom stereocenters. The summed E-state index contributed by atoms with van der Waals surface area (Å²) in [6.07, 6.45) is 0.514. The maximum absolute atomic E-state index is 13.8. The summed E-state index contributed by atoms with van der Waals surface area (Å²) in [4.78, 5) is 30.0. The largest absolute Gasteiger partial charge is 0.487 e. The van der Waals surface area contributed by atoms with Gasteiger partial charge in [-0.3, -0.25) is 4.79 Å². The Morgan fingerprint density at radius 2 is 1.83 bits per heavy atom. The molecule has 0 saturated carbocycles. The molecule has 2 aromatic rings. The molecule has 1 fully saturated rings. The van der Waals surface area contributed by atoms with Crippen LogP contribution >= 0.6 is 0 Å². The molecule has 30 heavy (non-hydrogen) atoms. The second-order valence-corrected chi connectivity index (χ2v) is 7.76. The van der Waals surface area contributed by atoms with Gasteiger partial charge in [-0.1, -0.05) is 0 Å². The fourth-order valence-electron chi connectivity index (χ4n) is 3.63. The zero-order valence-corrected chi connectivity index (χ0v) is 17.6. The van der Waals surface area contributed by atoms with Crippen molar-refractivity contribution in [2.45, 2.75) is 52.7 Å². The number of aromatic nitrogens is 1. The molecule has 162 valence electrons. The lowest BCUT2D eigenvalue weighted by Gasteiger charge is -2.32. The summed E-state index contributed by atoms with van der Waals surface area (Å²) in [5, 5.41) is 0. The fourth-order valence-corrected chi connectivity index (χ4v) is 3.63. The zero-order chi connectivity index (χ0) is 22.0. The summed E-state index contributed by atoms with van der Waals surface area (Å²) in [6.45, 7) is 7.85. The first kappa shape index (κ1) is 21.8. The minimum atomic E-state index is -0.744. The standard InChI is InChI=1S/C22H26F2N2O4/c1-12(2)29-22(28)19-13(3)20(25-14(19)4)21(27)26-9-7-16(8-10-26)30-18-6-5-15(23)11-17(18)24/h5-6,11-12,16,25H,7-10H2,1-4H3. The van der Waals surface area contributed by atoms with E-state index in [4.69, 9.17) is 9.47 Å². The van der Waals surface area contributed by atoms with E-state index in [1.807, 2.05) is 0 Å². The maximum atomic E-state index is 13.8. The predicted octanol–water partition coefficient (Wildman–Crippen LogP) is 4.16. The van der Waals surface area contributed by atoms with Gasteiger partial charge in [0, 0.05) is 37.7 Å². The van der Waals surface area contributed by atoms with E-state index in [1.165, 1.54) is 6.07 Å². The number of H-pyrrole nitrogens is 1. The number of hydrogen-bond acceptors (Lipinski definition) is 4. The van der Waals surface area contributed by atoms with Gasteiger partial charge in [-0.05, 0) is 45.4 Å². The van der Waals surface area contributed by atoms with Gasteiger partial charge in [-0.25, -0.2) is 13.6 Å². The lowest BCUT2D eigenvalue weighted by atomic mass is 10.1. The van der Waals surface area contributed by atoms with Crippen LogP contribution in [0.2, 0.25) is 0 Å². The first-order valence-electron chi connectivity index (χ1n) is 9.98. The lowest BCUT2D eigenvalue weighted by Crippen LogP contribution is -2.42. The van der Waals surface area contributed by atoms with E-state index in [1.54, 1.807) is 32.6 Å². The molecular weight excluding hydrogens is 394 g/mol. The third kappa shape index (κ3) is 4.63. The molecule has 1 aliphatic heterocycles. The smallest absolute Gasteiger partial charge is 0.340 e. The van der Waals surface area contributed by atoms with Crippen LogP contribution in [0.5, 0.6) is 5.75 Å². The molecule has 1 aliphatic rings. The van der Waals surface area contributed by atoms with Crippen LogP contribution in [0.3, 0.4) is 0 Å². The molecule has 0 radical (unpaired) electrons. The molecule has 1 saturated heterocycles. The predicted molar refractivity (Wildman–Crippen MR) is 107 cm³/mol. The van der Waals surface area contributed by atoms with Crippen molar-refractivity contribution in [3.8, 4) is 5.75 Å². The van der Waals surface area contributed by atoms with Crippen molar-refractivity contribution in [3.05, 3.63) is 52.3 Å². The average Bonchev–Trinajstić information content (AvgIpc) is 2.97. The van der Waals surface area contributed by atoms with Gasteiger partial charge < -0.3 is 19.4 Å².